The van der Waals surface area contributed by atoms with E-state index in [1.54, 1.807) is 0 Å². The van der Waals surface area contributed by atoms with E-state index in [1.165, 1.54) is 6.92 Å². The summed E-state index contributed by atoms with van der Waals surface area (Å²) in [6, 6.07) is 7.47. The van der Waals surface area contributed by atoms with Crippen LogP contribution in [0.15, 0.2) is 28.8 Å². The van der Waals surface area contributed by atoms with Crippen molar-refractivity contribution >= 4 is 32.7 Å². The van der Waals surface area contributed by atoms with Crippen molar-refractivity contribution in [3.63, 3.8) is 0 Å². The highest BCUT2D eigenvalue weighted by atomic mass is 79.9. The van der Waals surface area contributed by atoms with Crippen LogP contribution in [-0.4, -0.2) is 10.9 Å². The largest absolute Gasteiger partial charge is 0.356 e. The quantitative estimate of drug-likeness (QED) is 0.774. The molecule has 2 aromatic rings. The Hall–Kier alpha value is -1.16. The number of ketones is 1. The number of rotatable bonds is 2. The Balaban J connectivity index is 2.58. The van der Waals surface area contributed by atoms with Crippen molar-refractivity contribution in [3.8, 4) is 0 Å². The lowest BCUT2D eigenvalue weighted by atomic mass is 10.1. The topological polar surface area (TPSA) is 43.1 Å². The first kappa shape index (κ1) is 9.40. The predicted octanol–water partition coefficient (Wildman–Crippen LogP) is 2.85. The molecule has 0 N–H and O–H groups in total. The number of carbonyl (C=O) groups excluding carboxylic acids is 1. The first-order valence-electron chi connectivity index (χ1n) is 4.19. The Morgan fingerprint density at radius 3 is 2.93 bits per heavy atom. The van der Waals surface area contributed by atoms with Gasteiger partial charge in [0.25, 0.3) is 0 Å². The van der Waals surface area contributed by atoms with Gasteiger partial charge in [-0.25, -0.2) is 0 Å². The fourth-order valence-corrected chi connectivity index (χ4v) is 1.61. The van der Waals surface area contributed by atoms with Crippen molar-refractivity contribution in [2.75, 3.05) is 0 Å². The molecule has 1 atom stereocenters. The molecule has 1 heterocycles. The molecule has 2 rings (SSSR count). The maximum absolute atomic E-state index is 11.2. The van der Waals surface area contributed by atoms with E-state index in [0.717, 1.165) is 5.39 Å². The smallest absolute Gasteiger partial charge is 0.167 e. The van der Waals surface area contributed by atoms with Crippen LogP contribution in [0.3, 0.4) is 0 Å². The van der Waals surface area contributed by atoms with Crippen molar-refractivity contribution < 1.29 is 9.32 Å². The second-order valence-corrected chi connectivity index (χ2v) is 3.95. The summed E-state index contributed by atoms with van der Waals surface area (Å²) < 4.78 is 5.09. The summed E-state index contributed by atoms with van der Waals surface area (Å²) in [6.07, 6.45) is 0. The van der Waals surface area contributed by atoms with E-state index in [0.29, 0.717) is 11.3 Å². The highest BCUT2D eigenvalue weighted by Gasteiger charge is 2.19. The molecule has 0 amide bonds. The summed E-state index contributed by atoms with van der Waals surface area (Å²) in [5.74, 6) is 0.0176. The Labute approximate surface area is 89.2 Å². The minimum Gasteiger partial charge on any atom is -0.356 e. The van der Waals surface area contributed by atoms with Crippen LogP contribution in [0.25, 0.3) is 11.0 Å². The zero-order valence-corrected chi connectivity index (χ0v) is 9.11. The number of nitrogens with zero attached hydrogens (tertiary/aromatic N) is 1. The first-order valence-corrected chi connectivity index (χ1v) is 5.10. The number of fused-ring (bicyclic) bond motifs is 1. The Morgan fingerprint density at radius 2 is 2.21 bits per heavy atom. The summed E-state index contributed by atoms with van der Waals surface area (Å²) in [7, 11) is 0. The van der Waals surface area contributed by atoms with Gasteiger partial charge in [0, 0.05) is 5.39 Å². The number of aromatic nitrogens is 1. The molecule has 0 saturated carbocycles. The molecule has 0 aliphatic rings. The third-order valence-electron chi connectivity index (χ3n) is 2.00. The summed E-state index contributed by atoms with van der Waals surface area (Å²) in [5.41, 5.74) is 1.35. The van der Waals surface area contributed by atoms with Gasteiger partial charge in [0.2, 0.25) is 0 Å². The van der Waals surface area contributed by atoms with Gasteiger partial charge in [-0.3, -0.25) is 4.79 Å². The molecule has 1 aromatic carbocycles. The van der Waals surface area contributed by atoms with E-state index in [-0.39, 0.29) is 10.6 Å². The number of hydrogen-bond acceptors (Lipinski definition) is 3. The zero-order valence-electron chi connectivity index (χ0n) is 7.53. The van der Waals surface area contributed by atoms with Crippen LogP contribution in [0.1, 0.15) is 17.4 Å². The van der Waals surface area contributed by atoms with Gasteiger partial charge in [0.1, 0.15) is 16.3 Å². The number of carbonyl (C=O) groups is 1. The third-order valence-corrected chi connectivity index (χ3v) is 3.08. The van der Waals surface area contributed by atoms with Gasteiger partial charge in [-0.1, -0.05) is 33.2 Å². The highest BCUT2D eigenvalue weighted by molar-refractivity contribution is 9.09. The second kappa shape index (κ2) is 3.53. The molecule has 3 nitrogen and oxygen atoms in total. The molecule has 72 valence electrons. The van der Waals surface area contributed by atoms with Crippen LogP contribution in [0.4, 0.5) is 0 Å². The molecule has 4 heteroatoms. The maximum atomic E-state index is 11.2. The minimum absolute atomic E-state index is 0.0176. The normalized spacial score (nSPS) is 13.0. The molecular formula is C10H8BrNO2. The van der Waals surface area contributed by atoms with E-state index in [2.05, 4.69) is 21.1 Å². The van der Waals surface area contributed by atoms with Gasteiger partial charge in [-0.2, -0.15) is 0 Å². The zero-order chi connectivity index (χ0) is 10.1. The number of halogens is 1. The number of hydrogen-bond donors (Lipinski definition) is 0. The molecule has 0 fully saturated rings. The third kappa shape index (κ3) is 1.46. The summed E-state index contributed by atoms with van der Waals surface area (Å²) in [5, 5.41) is 4.75. The summed E-state index contributed by atoms with van der Waals surface area (Å²) in [6.45, 7) is 1.52. The SMILES string of the molecule is CC(=O)C(Br)c1noc2ccccc12. The van der Waals surface area contributed by atoms with Crippen molar-refractivity contribution in [2.24, 2.45) is 0 Å². The monoisotopic (exact) mass is 253 g/mol. The molecule has 14 heavy (non-hydrogen) atoms. The van der Waals surface area contributed by atoms with E-state index in [1.807, 2.05) is 24.3 Å². The van der Waals surface area contributed by atoms with Crippen molar-refractivity contribution in [3.05, 3.63) is 30.0 Å². The maximum Gasteiger partial charge on any atom is 0.167 e. The number of Topliss-reactive ketones (excluding diaryl/α,β-unsaturated/α-hetero) is 1. The van der Waals surface area contributed by atoms with Gasteiger partial charge in [0.05, 0.1) is 0 Å². The van der Waals surface area contributed by atoms with Crippen LogP contribution < -0.4 is 0 Å². The fourth-order valence-electron chi connectivity index (χ4n) is 1.28. The molecule has 0 spiro atoms. The molecule has 1 aromatic heterocycles. The van der Waals surface area contributed by atoms with Gasteiger partial charge in [0.15, 0.2) is 5.58 Å². The van der Waals surface area contributed by atoms with Gasteiger partial charge < -0.3 is 4.52 Å². The first-order chi connectivity index (χ1) is 6.70. The lowest BCUT2D eigenvalue weighted by Crippen LogP contribution is -2.01. The average molecular weight is 254 g/mol. The Bertz CT molecular complexity index is 478. The van der Waals surface area contributed by atoms with E-state index >= 15 is 0 Å². The van der Waals surface area contributed by atoms with Crippen molar-refractivity contribution in [1.82, 2.24) is 5.16 Å². The van der Waals surface area contributed by atoms with E-state index < -0.39 is 0 Å². The van der Waals surface area contributed by atoms with Crippen LogP contribution in [0.5, 0.6) is 0 Å². The standard InChI is InChI=1S/C10H8BrNO2/c1-6(13)9(11)10-7-4-2-3-5-8(7)14-12-10/h2-5,9H,1H3. The molecule has 0 bridgehead atoms. The molecule has 0 radical (unpaired) electrons. The van der Waals surface area contributed by atoms with Crippen LogP contribution in [-0.2, 0) is 4.79 Å². The van der Waals surface area contributed by atoms with Crippen molar-refractivity contribution in [1.29, 1.82) is 0 Å². The van der Waals surface area contributed by atoms with Crippen LogP contribution in [0.2, 0.25) is 0 Å². The van der Waals surface area contributed by atoms with E-state index in [4.69, 9.17) is 4.52 Å². The van der Waals surface area contributed by atoms with Gasteiger partial charge in [-0.15, -0.1) is 0 Å². The molecule has 0 saturated heterocycles. The average Bonchev–Trinajstić information content (AvgIpc) is 2.60. The lowest BCUT2D eigenvalue weighted by Gasteiger charge is -1.99. The van der Waals surface area contributed by atoms with Crippen molar-refractivity contribution in [2.45, 2.75) is 11.8 Å². The molecule has 0 aliphatic carbocycles. The minimum atomic E-state index is -0.383. The molecular weight excluding hydrogens is 246 g/mol. The van der Waals surface area contributed by atoms with Gasteiger partial charge in [-0.05, 0) is 19.1 Å². The summed E-state index contributed by atoms with van der Waals surface area (Å²) in [4.78, 5) is 10.8. The molecule has 0 aliphatic heterocycles. The van der Waals surface area contributed by atoms with Crippen LogP contribution in [0, 0.1) is 0 Å². The molecule has 1 unspecified atom stereocenters. The number of para-hydroxylation sites is 1. The fraction of sp³-hybridized carbons (Fsp3) is 0.200. The van der Waals surface area contributed by atoms with Gasteiger partial charge >= 0.3 is 0 Å². The predicted molar refractivity (Wildman–Crippen MR) is 56.4 cm³/mol. The Morgan fingerprint density at radius 1 is 1.50 bits per heavy atom. The summed E-state index contributed by atoms with van der Waals surface area (Å²) >= 11 is 3.28. The number of benzene rings is 1. The highest BCUT2D eigenvalue weighted by Crippen LogP contribution is 2.29. The Kier molecular flexibility index (Phi) is 2.37. The number of alkyl halides is 1. The van der Waals surface area contributed by atoms with Crippen LogP contribution >= 0.6 is 15.9 Å². The van der Waals surface area contributed by atoms with E-state index in [9.17, 15) is 4.79 Å². The second-order valence-electron chi connectivity index (χ2n) is 3.04. The lowest BCUT2D eigenvalue weighted by molar-refractivity contribution is -0.116.